The number of aromatic nitrogens is 2. The van der Waals surface area contributed by atoms with E-state index in [1.54, 1.807) is 0 Å². The lowest BCUT2D eigenvalue weighted by Gasteiger charge is -2.19. The lowest BCUT2D eigenvalue weighted by Crippen LogP contribution is -2.31. The first-order chi connectivity index (χ1) is 17.3. The number of aryl methyl sites for hydroxylation is 1. The van der Waals surface area contributed by atoms with Crippen molar-refractivity contribution in [2.24, 2.45) is 5.92 Å². The number of nitrogens with zero attached hydrogens (tertiary/aromatic N) is 2. The Bertz CT molecular complexity index is 1390. The number of rotatable bonds is 7. The van der Waals surface area contributed by atoms with E-state index < -0.39 is 56.5 Å². The minimum atomic E-state index is -4.58. The van der Waals surface area contributed by atoms with E-state index in [4.69, 9.17) is 0 Å². The molecule has 37 heavy (non-hydrogen) atoms. The van der Waals surface area contributed by atoms with E-state index in [2.05, 4.69) is 9.97 Å². The van der Waals surface area contributed by atoms with Gasteiger partial charge >= 0.3 is 6.18 Å². The molecule has 3 atom stereocenters. The highest BCUT2D eigenvalue weighted by atomic mass is 32.2. The highest BCUT2D eigenvalue weighted by Gasteiger charge is 2.46. The highest BCUT2D eigenvalue weighted by molar-refractivity contribution is 7.92. The van der Waals surface area contributed by atoms with Gasteiger partial charge < -0.3 is 0 Å². The van der Waals surface area contributed by atoms with Crippen LogP contribution in [0.1, 0.15) is 30.5 Å². The Morgan fingerprint density at radius 2 is 1.70 bits per heavy atom. The molecule has 1 unspecified atom stereocenters. The van der Waals surface area contributed by atoms with Gasteiger partial charge in [0.2, 0.25) is 5.95 Å². The lowest BCUT2D eigenvalue weighted by atomic mass is 9.97. The summed E-state index contributed by atoms with van der Waals surface area (Å²) in [6.07, 6.45) is -6.52. The van der Waals surface area contributed by atoms with E-state index in [9.17, 15) is 39.6 Å². The molecule has 0 saturated heterocycles. The summed E-state index contributed by atoms with van der Waals surface area (Å²) in [5.74, 6) is -3.27. The molecule has 1 fully saturated rings. The summed E-state index contributed by atoms with van der Waals surface area (Å²) in [7, 11) is -4.12. The van der Waals surface area contributed by atoms with Crippen molar-refractivity contribution < 1.29 is 39.6 Å². The molecular weight excluding hydrogens is 522 g/mol. The fourth-order valence-corrected chi connectivity index (χ4v) is 6.44. The molecule has 2 aromatic heterocycles. The minimum absolute atomic E-state index is 0.0587. The Morgan fingerprint density at radius 1 is 1.00 bits per heavy atom. The highest BCUT2D eigenvalue weighted by Crippen LogP contribution is 2.38. The summed E-state index contributed by atoms with van der Waals surface area (Å²) in [6.45, 7) is 0. The second kappa shape index (κ2) is 10.2. The van der Waals surface area contributed by atoms with Crippen molar-refractivity contribution in [1.82, 2.24) is 9.97 Å². The van der Waals surface area contributed by atoms with E-state index in [1.165, 1.54) is 6.07 Å². The normalized spacial score (nSPS) is 20.2. The van der Waals surface area contributed by atoms with E-state index in [0.717, 1.165) is 42.5 Å². The SMILES string of the molecule is O=C(CCc1cc(-c2ccc(C(F)(F)F)cn2)cc(F)n1)[C@@H]1C[C@@H](F)CC1S(=O)(=O)c1ccc(F)cc1. The number of alkyl halides is 4. The topological polar surface area (TPSA) is 77.0 Å². The molecule has 0 amide bonds. The fourth-order valence-electron chi connectivity index (χ4n) is 4.42. The van der Waals surface area contributed by atoms with Gasteiger partial charge in [0.25, 0.3) is 0 Å². The largest absolute Gasteiger partial charge is 0.417 e. The second-order valence-electron chi connectivity index (χ2n) is 8.78. The van der Waals surface area contributed by atoms with Gasteiger partial charge in [0.1, 0.15) is 17.8 Å². The van der Waals surface area contributed by atoms with Crippen LogP contribution in [0.5, 0.6) is 0 Å². The first-order valence-corrected chi connectivity index (χ1v) is 12.8. The number of benzene rings is 1. The summed E-state index contributed by atoms with van der Waals surface area (Å²) >= 11 is 0. The maximum Gasteiger partial charge on any atom is 0.417 e. The first kappa shape index (κ1) is 26.8. The molecule has 4 rings (SSSR count). The summed E-state index contributed by atoms with van der Waals surface area (Å²) in [4.78, 5) is 20.2. The van der Waals surface area contributed by atoms with Gasteiger partial charge in [0.15, 0.2) is 9.84 Å². The van der Waals surface area contributed by atoms with Crippen LogP contribution < -0.4 is 0 Å². The van der Waals surface area contributed by atoms with Gasteiger partial charge in [0, 0.05) is 35.9 Å². The smallest absolute Gasteiger partial charge is 0.299 e. The zero-order chi connectivity index (χ0) is 27.0. The Kier molecular flexibility index (Phi) is 7.40. The number of hydrogen-bond acceptors (Lipinski definition) is 5. The predicted octanol–water partition coefficient (Wildman–Crippen LogP) is 5.53. The Labute approximate surface area is 208 Å². The van der Waals surface area contributed by atoms with Crippen LogP contribution in [0.4, 0.5) is 26.3 Å². The monoisotopic (exact) mass is 542 g/mol. The van der Waals surface area contributed by atoms with Crippen molar-refractivity contribution in [1.29, 1.82) is 0 Å². The van der Waals surface area contributed by atoms with Gasteiger partial charge in [-0.2, -0.15) is 17.6 Å². The standard InChI is InChI=1S/C25H20F6N2O3S/c26-16-2-5-19(6-3-16)37(35,36)23-12-17(27)11-20(23)22(34)8-4-18-9-14(10-24(28)33-18)21-7-1-15(13-32-21)25(29,30)31/h1-3,5-7,9-10,13,17,20,23H,4,8,11-12H2/t17-,20+,23?/m1/s1. The van der Waals surface area contributed by atoms with Crippen LogP contribution in [0.25, 0.3) is 11.3 Å². The van der Waals surface area contributed by atoms with E-state index in [1.807, 2.05) is 0 Å². The molecule has 1 aliphatic carbocycles. The molecule has 12 heteroatoms. The van der Waals surface area contributed by atoms with Crippen molar-refractivity contribution >= 4 is 15.6 Å². The van der Waals surface area contributed by atoms with Crippen molar-refractivity contribution in [2.45, 2.75) is 48.2 Å². The maximum atomic E-state index is 14.2. The Balaban J connectivity index is 1.50. The van der Waals surface area contributed by atoms with E-state index in [0.29, 0.717) is 6.20 Å². The maximum absolute atomic E-state index is 14.2. The molecule has 0 radical (unpaired) electrons. The van der Waals surface area contributed by atoms with Crippen molar-refractivity contribution in [3.8, 4) is 11.3 Å². The Morgan fingerprint density at radius 3 is 2.32 bits per heavy atom. The number of Topliss-reactive ketones (excluding diaryl/α,β-unsaturated/α-hetero) is 1. The summed E-state index contributed by atoms with van der Waals surface area (Å²) in [6, 6.07) is 8.28. The van der Waals surface area contributed by atoms with Gasteiger partial charge in [-0.15, -0.1) is 0 Å². The molecule has 5 nitrogen and oxygen atoms in total. The number of sulfone groups is 1. The minimum Gasteiger partial charge on any atom is -0.299 e. The molecule has 1 aliphatic rings. The predicted molar refractivity (Wildman–Crippen MR) is 121 cm³/mol. The van der Waals surface area contributed by atoms with Gasteiger partial charge in [-0.05, 0) is 61.7 Å². The summed E-state index contributed by atoms with van der Waals surface area (Å²) < 4.78 is 106. The van der Waals surface area contributed by atoms with Crippen LogP contribution >= 0.6 is 0 Å². The van der Waals surface area contributed by atoms with Crippen molar-refractivity contribution in [3.05, 3.63) is 77.8 Å². The van der Waals surface area contributed by atoms with Crippen LogP contribution in [0.15, 0.2) is 59.6 Å². The summed E-state index contributed by atoms with van der Waals surface area (Å²) in [5.41, 5.74) is -0.671. The number of carbonyl (C=O) groups excluding carboxylic acids is 1. The molecule has 196 valence electrons. The Hall–Kier alpha value is -3.28. The van der Waals surface area contributed by atoms with Crippen LogP contribution in [0.2, 0.25) is 0 Å². The third kappa shape index (κ3) is 6.00. The fraction of sp³-hybridized carbons (Fsp3) is 0.320. The molecule has 3 aromatic rings. The van der Waals surface area contributed by atoms with Crippen LogP contribution in [-0.4, -0.2) is 35.6 Å². The van der Waals surface area contributed by atoms with Crippen molar-refractivity contribution in [3.63, 3.8) is 0 Å². The number of ketones is 1. The molecule has 2 heterocycles. The molecule has 0 aliphatic heterocycles. The number of pyridine rings is 2. The lowest BCUT2D eigenvalue weighted by molar-refractivity contribution is -0.137. The molecule has 1 aromatic carbocycles. The van der Waals surface area contributed by atoms with E-state index >= 15 is 0 Å². The molecule has 0 spiro atoms. The molecule has 0 N–H and O–H groups in total. The van der Waals surface area contributed by atoms with Gasteiger partial charge in [-0.1, -0.05) is 0 Å². The zero-order valence-corrected chi connectivity index (χ0v) is 19.9. The first-order valence-electron chi connectivity index (χ1n) is 11.2. The molecule has 0 bridgehead atoms. The average molecular weight is 543 g/mol. The second-order valence-corrected chi connectivity index (χ2v) is 10.9. The number of hydrogen-bond donors (Lipinski definition) is 0. The van der Waals surface area contributed by atoms with Gasteiger partial charge in [-0.25, -0.2) is 22.2 Å². The molecular formula is C25H20F6N2O3S. The third-order valence-electron chi connectivity index (χ3n) is 6.26. The summed E-state index contributed by atoms with van der Waals surface area (Å²) in [5, 5.41) is -1.33. The zero-order valence-electron chi connectivity index (χ0n) is 19.1. The van der Waals surface area contributed by atoms with Crippen LogP contribution in [0.3, 0.4) is 0 Å². The van der Waals surface area contributed by atoms with Crippen molar-refractivity contribution in [2.75, 3.05) is 0 Å². The number of halogens is 6. The average Bonchev–Trinajstić information content (AvgIpc) is 3.25. The van der Waals surface area contributed by atoms with Crippen LogP contribution in [0, 0.1) is 17.7 Å². The van der Waals surface area contributed by atoms with Gasteiger partial charge in [0.05, 0.1) is 21.4 Å². The van der Waals surface area contributed by atoms with Crippen LogP contribution in [-0.2, 0) is 27.2 Å². The third-order valence-corrected chi connectivity index (χ3v) is 8.51. The van der Waals surface area contributed by atoms with E-state index in [-0.39, 0.29) is 47.5 Å². The molecule has 1 saturated carbocycles. The quantitative estimate of drug-likeness (QED) is 0.223. The van der Waals surface area contributed by atoms with Gasteiger partial charge in [-0.3, -0.25) is 9.78 Å². The number of carbonyl (C=O) groups is 1.